The first-order valence-electron chi connectivity index (χ1n) is 15.5. The van der Waals surface area contributed by atoms with Crippen LogP contribution in [0.2, 0.25) is 0 Å². The molecule has 0 aliphatic carbocycles. The van der Waals surface area contributed by atoms with Gasteiger partial charge in [0.25, 0.3) is 5.91 Å². The van der Waals surface area contributed by atoms with Gasteiger partial charge in [0.1, 0.15) is 12.4 Å². The Labute approximate surface area is 243 Å². The number of carbonyl (C=O) groups excluding carboxylic acids is 1. The number of nitrogens with zero attached hydrogens (tertiary/aromatic N) is 2. The molecule has 0 N–H and O–H groups in total. The molecular weight excluding hydrogens is 492 g/mol. The van der Waals surface area contributed by atoms with E-state index >= 15 is 0 Å². The van der Waals surface area contributed by atoms with Gasteiger partial charge in [-0.15, -0.1) is 0 Å². The highest BCUT2D eigenvalue weighted by molar-refractivity contribution is 5.94. The van der Waals surface area contributed by atoms with Crippen LogP contribution in [0.15, 0.2) is 78.9 Å². The molecule has 0 saturated heterocycles. The van der Waals surface area contributed by atoms with Crippen LogP contribution in [0.1, 0.15) is 92.8 Å². The summed E-state index contributed by atoms with van der Waals surface area (Å²) < 4.78 is 5.98. The lowest BCUT2D eigenvalue weighted by molar-refractivity contribution is 0.0720. The van der Waals surface area contributed by atoms with E-state index < -0.39 is 0 Å². The number of carbonyl (C=O) groups is 1. The quantitative estimate of drug-likeness (QED) is 0.142. The molecule has 216 valence electrons. The third-order valence-corrected chi connectivity index (χ3v) is 7.44. The van der Waals surface area contributed by atoms with Crippen molar-refractivity contribution in [2.75, 3.05) is 26.2 Å². The smallest absolute Gasteiger partial charge is 0.254 e. The van der Waals surface area contributed by atoms with E-state index in [4.69, 9.17) is 4.74 Å². The maximum Gasteiger partial charge on any atom is 0.254 e. The Balaban J connectivity index is 1.68. The number of rotatable bonds is 19. The van der Waals surface area contributed by atoms with E-state index in [1.165, 1.54) is 50.5 Å². The second-order valence-corrected chi connectivity index (χ2v) is 10.8. The fraction of sp³-hybridized carbons (Fsp3) is 0.472. The van der Waals surface area contributed by atoms with Crippen molar-refractivity contribution in [3.05, 3.63) is 101 Å². The molecule has 3 aromatic carbocycles. The van der Waals surface area contributed by atoms with Crippen LogP contribution in [0.4, 0.5) is 0 Å². The van der Waals surface area contributed by atoms with E-state index in [1.807, 2.05) is 47.4 Å². The molecule has 0 aliphatic rings. The lowest BCUT2D eigenvalue weighted by atomic mass is 10.0. The molecule has 0 aromatic heterocycles. The summed E-state index contributed by atoms with van der Waals surface area (Å²) in [6.45, 7) is 11.7. The molecule has 0 saturated carbocycles. The minimum absolute atomic E-state index is 0.107. The van der Waals surface area contributed by atoms with Gasteiger partial charge in [-0.05, 0) is 79.7 Å². The van der Waals surface area contributed by atoms with E-state index in [2.05, 4.69) is 62.1 Å². The van der Waals surface area contributed by atoms with Gasteiger partial charge < -0.3 is 14.5 Å². The van der Waals surface area contributed by atoms with Crippen LogP contribution in [-0.4, -0.2) is 41.9 Å². The monoisotopic (exact) mass is 542 g/mol. The highest BCUT2D eigenvalue weighted by atomic mass is 16.5. The van der Waals surface area contributed by atoms with Crippen LogP contribution in [-0.2, 0) is 19.6 Å². The fourth-order valence-electron chi connectivity index (χ4n) is 4.84. The minimum Gasteiger partial charge on any atom is -0.489 e. The second kappa shape index (κ2) is 18.3. The Hall–Kier alpha value is -3.11. The van der Waals surface area contributed by atoms with Gasteiger partial charge in [-0.3, -0.25) is 4.79 Å². The van der Waals surface area contributed by atoms with Crippen molar-refractivity contribution < 1.29 is 9.53 Å². The lowest BCUT2D eigenvalue weighted by Crippen LogP contribution is -2.39. The van der Waals surface area contributed by atoms with E-state index in [-0.39, 0.29) is 5.91 Å². The van der Waals surface area contributed by atoms with Gasteiger partial charge in [-0.1, -0.05) is 101 Å². The molecule has 0 atom stereocenters. The molecule has 0 fully saturated rings. The van der Waals surface area contributed by atoms with Gasteiger partial charge in [0.05, 0.1) is 0 Å². The first-order valence-corrected chi connectivity index (χ1v) is 15.5. The van der Waals surface area contributed by atoms with Crippen LogP contribution in [0, 0.1) is 0 Å². The van der Waals surface area contributed by atoms with Crippen LogP contribution in [0.3, 0.4) is 0 Å². The maximum atomic E-state index is 13.8. The van der Waals surface area contributed by atoms with Gasteiger partial charge in [-0.25, -0.2) is 0 Å². The molecule has 0 heterocycles. The Kier molecular flexibility index (Phi) is 14.4. The molecule has 0 spiro atoms. The molecule has 3 aromatic rings. The van der Waals surface area contributed by atoms with Gasteiger partial charge >= 0.3 is 0 Å². The molecule has 0 unspecified atom stereocenters. The molecule has 4 nitrogen and oxygen atoms in total. The van der Waals surface area contributed by atoms with E-state index in [0.717, 1.165) is 55.0 Å². The van der Waals surface area contributed by atoms with Gasteiger partial charge in [0.15, 0.2) is 0 Å². The molecule has 0 aliphatic heterocycles. The summed E-state index contributed by atoms with van der Waals surface area (Å²) >= 11 is 0. The maximum absolute atomic E-state index is 13.8. The lowest BCUT2D eigenvalue weighted by Gasteiger charge is -2.28. The van der Waals surface area contributed by atoms with E-state index in [0.29, 0.717) is 13.2 Å². The van der Waals surface area contributed by atoms with Crippen molar-refractivity contribution >= 4 is 5.91 Å². The van der Waals surface area contributed by atoms with Crippen LogP contribution >= 0.6 is 0 Å². The first-order chi connectivity index (χ1) is 19.6. The summed E-state index contributed by atoms with van der Waals surface area (Å²) in [6.07, 6.45) is 9.52. The van der Waals surface area contributed by atoms with Crippen LogP contribution in [0.25, 0.3) is 0 Å². The highest BCUT2D eigenvalue weighted by Crippen LogP contribution is 2.18. The summed E-state index contributed by atoms with van der Waals surface area (Å²) in [4.78, 5) is 18.3. The number of ether oxygens (including phenoxy) is 1. The fourth-order valence-corrected chi connectivity index (χ4v) is 4.84. The summed E-state index contributed by atoms with van der Waals surface area (Å²) in [5.41, 5.74) is 4.35. The number of hydrogen-bond donors (Lipinski definition) is 0. The highest BCUT2D eigenvalue weighted by Gasteiger charge is 2.18. The second-order valence-electron chi connectivity index (χ2n) is 10.8. The zero-order valence-electron chi connectivity index (χ0n) is 25.1. The standard InChI is InChI=1S/C36H50N2O2/c1-4-7-11-14-31-17-21-34(22-18-31)36(39)38(28-27-37(25-8-5-2)26-9-6-3)29-32-19-23-35(24-20-32)40-30-33-15-12-10-13-16-33/h10,12-13,15-24H,4-9,11,14,25-30H2,1-3H3. The summed E-state index contributed by atoms with van der Waals surface area (Å²) in [7, 11) is 0. The normalized spacial score (nSPS) is 11.1. The molecule has 4 heteroatoms. The van der Waals surface area contributed by atoms with Crippen LogP contribution in [0.5, 0.6) is 5.75 Å². The average Bonchev–Trinajstić information content (AvgIpc) is 3.00. The van der Waals surface area contributed by atoms with Crippen molar-refractivity contribution in [3.63, 3.8) is 0 Å². The number of aryl methyl sites for hydroxylation is 1. The Morgan fingerprint density at radius 3 is 1.88 bits per heavy atom. The SMILES string of the molecule is CCCCCc1ccc(C(=O)N(CCN(CCCC)CCCC)Cc2ccc(OCc3ccccc3)cc2)cc1. The zero-order valence-corrected chi connectivity index (χ0v) is 25.1. The molecule has 40 heavy (non-hydrogen) atoms. The average molecular weight is 543 g/mol. The van der Waals surface area contributed by atoms with Crippen LogP contribution < -0.4 is 4.74 Å². The Bertz CT molecular complexity index is 1070. The third kappa shape index (κ3) is 11.2. The van der Waals surface area contributed by atoms with Gasteiger partial charge in [-0.2, -0.15) is 0 Å². The zero-order chi connectivity index (χ0) is 28.4. The van der Waals surface area contributed by atoms with Crippen molar-refractivity contribution in [2.24, 2.45) is 0 Å². The summed E-state index contributed by atoms with van der Waals surface area (Å²) in [6, 6.07) is 26.7. The van der Waals surface area contributed by atoms with Crippen molar-refractivity contribution in [1.82, 2.24) is 9.80 Å². The van der Waals surface area contributed by atoms with Crippen molar-refractivity contribution in [1.29, 1.82) is 0 Å². The topological polar surface area (TPSA) is 32.8 Å². The molecular formula is C36H50N2O2. The summed E-state index contributed by atoms with van der Waals surface area (Å²) in [5.74, 6) is 0.949. The van der Waals surface area contributed by atoms with Gasteiger partial charge in [0.2, 0.25) is 0 Å². The number of hydrogen-bond acceptors (Lipinski definition) is 3. The molecule has 0 radical (unpaired) electrons. The minimum atomic E-state index is 0.107. The van der Waals surface area contributed by atoms with E-state index in [1.54, 1.807) is 0 Å². The predicted octanol–water partition coefficient (Wildman–Crippen LogP) is 8.54. The van der Waals surface area contributed by atoms with E-state index in [9.17, 15) is 4.79 Å². The first kappa shape index (κ1) is 31.4. The number of amides is 1. The van der Waals surface area contributed by atoms with Crippen molar-refractivity contribution in [2.45, 2.75) is 85.3 Å². The Morgan fingerprint density at radius 2 is 1.25 bits per heavy atom. The Morgan fingerprint density at radius 1 is 0.625 bits per heavy atom. The number of unbranched alkanes of at least 4 members (excludes halogenated alkanes) is 4. The third-order valence-electron chi connectivity index (χ3n) is 7.44. The van der Waals surface area contributed by atoms with Gasteiger partial charge in [0, 0.05) is 25.2 Å². The largest absolute Gasteiger partial charge is 0.489 e. The molecule has 0 bridgehead atoms. The summed E-state index contributed by atoms with van der Waals surface area (Å²) in [5, 5.41) is 0. The number of benzene rings is 3. The van der Waals surface area contributed by atoms with Crippen molar-refractivity contribution in [3.8, 4) is 5.75 Å². The molecule has 1 amide bonds. The molecule has 3 rings (SSSR count). The predicted molar refractivity (Wildman–Crippen MR) is 168 cm³/mol.